The lowest BCUT2D eigenvalue weighted by atomic mass is 9.70. The first-order valence-corrected chi connectivity index (χ1v) is 20.8. The Morgan fingerprint density at radius 3 is 1.22 bits per heavy atom. The van der Waals surface area contributed by atoms with E-state index in [1.165, 1.54) is 89.0 Å². The van der Waals surface area contributed by atoms with Crippen LogP contribution in [0.5, 0.6) is 0 Å². The van der Waals surface area contributed by atoms with Gasteiger partial charge in [-0.2, -0.15) is 0 Å². The number of rotatable bonds is 5. The first kappa shape index (κ1) is 33.9. The molecule has 0 radical (unpaired) electrons. The van der Waals surface area contributed by atoms with Gasteiger partial charge in [0.15, 0.2) is 0 Å². The van der Waals surface area contributed by atoms with Crippen molar-refractivity contribution in [1.29, 1.82) is 0 Å². The number of fused-ring (bicyclic) bond motifs is 13. The lowest BCUT2D eigenvalue weighted by Gasteiger charge is -2.32. The zero-order chi connectivity index (χ0) is 39.3. The molecule has 9 aromatic rings. The fourth-order valence-electron chi connectivity index (χ4n) is 10.8. The predicted octanol–water partition coefficient (Wildman–Crippen LogP) is 15.1. The Kier molecular flexibility index (Phi) is 7.26. The van der Waals surface area contributed by atoms with Gasteiger partial charge >= 0.3 is 0 Å². The van der Waals surface area contributed by atoms with Gasteiger partial charge in [-0.3, -0.25) is 0 Å². The van der Waals surface area contributed by atoms with Crippen molar-refractivity contribution in [2.45, 2.75) is 24.7 Å². The van der Waals surface area contributed by atoms with E-state index in [1.54, 1.807) is 0 Å². The molecule has 0 heterocycles. The minimum absolute atomic E-state index is 0.123. The minimum Gasteiger partial charge on any atom is -0.310 e. The van der Waals surface area contributed by atoms with Gasteiger partial charge in [-0.05, 0) is 131 Å². The van der Waals surface area contributed by atoms with Crippen molar-refractivity contribution in [1.82, 2.24) is 0 Å². The molecule has 278 valence electrons. The van der Waals surface area contributed by atoms with Crippen LogP contribution < -0.4 is 4.90 Å². The summed E-state index contributed by atoms with van der Waals surface area (Å²) in [5.41, 5.74) is 23.8. The van der Waals surface area contributed by atoms with Crippen molar-refractivity contribution in [3.05, 3.63) is 246 Å². The Morgan fingerprint density at radius 1 is 0.271 bits per heavy atom. The highest BCUT2D eigenvalue weighted by molar-refractivity contribution is 5.96. The van der Waals surface area contributed by atoms with Crippen LogP contribution in [0.2, 0.25) is 0 Å². The van der Waals surface area contributed by atoms with Crippen LogP contribution in [0.25, 0.3) is 55.6 Å². The fourth-order valence-corrected chi connectivity index (χ4v) is 10.8. The van der Waals surface area contributed by atoms with Crippen LogP contribution in [0.15, 0.2) is 212 Å². The van der Waals surface area contributed by atoms with Gasteiger partial charge in [0.25, 0.3) is 0 Å². The Balaban J connectivity index is 1.06. The highest BCUT2D eigenvalue weighted by Crippen LogP contribution is 2.63. The molecule has 1 heteroatoms. The third kappa shape index (κ3) is 4.79. The molecular formula is C58H41N. The Bertz CT molecular complexity index is 3070. The standard InChI is InChI=1S/C58H41N/c1-57(2)51-23-10-6-19-45(51)49-33-31-43(36-55(49)57)59(42-29-27-39(28-30-42)41-18-14-17-40(35-41)38-15-4-3-5-16-38)44-32-34-50-48-22-9-13-26-54(48)58(56(50)37-44)52-24-11-7-20-46(52)47-21-8-12-25-53(47)58/h3-37H,1-2H3. The Hall–Kier alpha value is -7.22. The lowest BCUT2D eigenvalue weighted by Crippen LogP contribution is -2.26. The van der Waals surface area contributed by atoms with Crippen LogP contribution in [0.4, 0.5) is 17.1 Å². The molecule has 0 aliphatic heterocycles. The van der Waals surface area contributed by atoms with E-state index in [0.717, 1.165) is 17.1 Å². The van der Waals surface area contributed by atoms with Crippen LogP contribution in [0, 0.1) is 0 Å². The number of hydrogen-bond donors (Lipinski definition) is 0. The van der Waals surface area contributed by atoms with Gasteiger partial charge in [0, 0.05) is 22.5 Å². The van der Waals surface area contributed by atoms with Crippen LogP contribution in [-0.2, 0) is 10.8 Å². The van der Waals surface area contributed by atoms with Crippen LogP contribution in [0.1, 0.15) is 47.2 Å². The third-order valence-electron chi connectivity index (χ3n) is 13.5. The molecule has 0 aromatic heterocycles. The van der Waals surface area contributed by atoms with Crippen molar-refractivity contribution in [3.8, 4) is 55.6 Å². The molecule has 0 saturated carbocycles. The molecule has 0 unspecified atom stereocenters. The second-order valence-corrected chi connectivity index (χ2v) is 16.8. The zero-order valence-electron chi connectivity index (χ0n) is 33.2. The van der Waals surface area contributed by atoms with Crippen LogP contribution >= 0.6 is 0 Å². The highest BCUT2D eigenvalue weighted by Gasteiger charge is 2.51. The van der Waals surface area contributed by atoms with Gasteiger partial charge in [-0.15, -0.1) is 0 Å². The zero-order valence-corrected chi connectivity index (χ0v) is 33.2. The monoisotopic (exact) mass is 751 g/mol. The summed E-state index contributed by atoms with van der Waals surface area (Å²) in [7, 11) is 0. The van der Waals surface area contributed by atoms with Gasteiger partial charge < -0.3 is 4.90 Å². The van der Waals surface area contributed by atoms with E-state index in [9.17, 15) is 0 Å². The van der Waals surface area contributed by atoms with E-state index < -0.39 is 5.41 Å². The molecular weight excluding hydrogens is 711 g/mol. The van der Waals surface area contributed by atoms with E-state index in [2.05, 4.69) is 231 Å². The molecule has 1 spiro atoms. The third-order valence-corrected chi connectivity index (χ3v) is 13.5. The second kappa shape index (κ2) is 12.6. The van der Waals surface area contributed by atoms with Gasteiger partial charge in [0.2, 0.25) is 0 Å². The van der Waals surface area contributed by atoms with Crippen molar-refractivity contribution >= 4 is 17.1 Å². The molecule has 0 atom stereocenters. The second-order valence-electron chi connectivity index (χ2n) is 16.8. The van der Waals surface area contributed by atoms with E-state index in [1.807, 2.05) is 0 Å². The molecule has 1 nitrogen and oxygen atoms in total. The number of nitrogens with zero attached hydrogens (tertiary/aromatic N) is 1. The van der Waals surface area contributed by atoms with Gasteiger partial charge in [0.1, 0.15) is 0 Å². The van der Waals surface area contributed by atoms with Gasteiger partial charge in [-0.1, -0.05) is 184 Å². The summed E-state index contributed by atoms with van der Waals surface area (Å²) in [4.78, 5) is 2.48. The normalized spacial score (nSPS) is 14.2. The summed E-state index contributed by atoms with van der Waals surface area (Å²) >= 11 is 0. The summed E-state index contributed by atoms with van der Waals surface area (Å²) in [5, 5.41) is 0. The SMILES string of the molecule is CC1(C)c2ccccc2-c2ccc(N(c3ccc(-c4cccc(-c5ccccc5)c4)cc3)c3ccc4c(c3)C3(c5ccccc5-c5ccccc53)c3ccccc3-4)cc21. The van der Waals surface area contributed by atoms with E-state index >= 15 is 0 Å². The predicted molar refractivity (Wildman–Crippen MR) is 246 cm³/mol. The maximum absolute atomic E-state index is 2.50. The Morgan fingerprint density at radius 2 is 0.661 bits per heavy atom. The summed E-state index contributed by atoms with van der Waals surface area (Å²) < 4.78 is 0. The van der Waals surface area contributed by atoms with Crippen molar-refractivity contribution < 1.29 is 0 Å². The van der Waals surface area contributed by atoms with Crippen LogP contribution in [-0.4, -0.2) is 0 Å². The van der Waals surface area contributed by atoms with Crippen molar-refractivity contribution in [3.63, 3.8) is 0 Å². The largest absolute Gasteiger partial charge is 0.310 e. The van der Waals surface area contributed by atoms with Gasteiger partial charge in [-0.25, -0.2) is 0 Å². The minimum atomic E-state index is -0.421. The molecule has 0 saturated heterocycles. The number of benzene rings is 9. The molecule has 3 aliphatic rings. The van der Waals surface area contributed by atoms with Crippen molar-refractivity contribution in [2.75, 3.05) is 4.90 Å². The van der Waals surface area contributed by atoms with Gasteiger partial charge in [0.05, 0.1) is 5.41 Å². The molecule has 9 aromatic carbocycles. The molecule has 0 bridgehead atoms. The number of hydrogen-bond acceptors (Lipinski definition) is 1. The molecule has 0 fully saturated rings. The smallest absolute Gasteiger partial charge is 0.0726 e. The molecule has 0 N–H and O–H groups in total. The summed E-state index contributed by atoms with van der Waals surface area (Å²) in [6.07, 6.45) is 0. The topological polar surface area (TPSA) is 3.24 Å². The fraction of sp³-hybridized carbons (Fsp3) is 0.0690. The highest BCUT2D eigenvalue weighted by atomic mass is 15.1. The summed E-state index contributed by atoms with van der Waals surface area (Å²) in [6.45, 7) is 4.74. The van der Waals surface area contributed by atoms with E-state index in [4.69, 9.17) is 0 Å². The summed E-state index contributed by atoms with van der Waals surface area (Å²) in [5.74, 6) is 0. The molecule has 12 rings (SSSR count). The molecule has 0 amide bonds. The Labute approximate surface area is 346 Å². The van der Waals surface area contributed by atoms with Crippen LogP contribution in [0.3, 0.4) is 0 Å². The van der Waals surface area contributed by atoms with E-state index in [0.29, 0.717) is 0 Å². The maximum Gasteiger partial charge on any atom is 0.0726 e. The average Bonchev–Trinajstić information content (AvgIpc) is 3.85. The maximum atomic E-state index is 2.50. The number of anilines is 3. The first-order valence-electron chi connectivity index (χ1n) is 20.8. The summed E-state index contributed by atoms with van der Waals surface area (Å²) in [6, 6.07) is 79.2. The molecule has 3 aliphatic carbocycles. The molecule has 59 heavy (non-hydrogen) atoms. The first-order chi connectivity index (χ1) is 29.0. The average molecular weight is 752 g/mol. The van der Waals surface area contributed by atoms with E-state index in [-0.39, 0.29) is 5.41 Å². The van der Waals surface area contributed by atoms with Crippen molar-refractivity contribution in [2.24, 2.45) is 0 Å². The lowest BCUT2D eigenvalue weighted by molar-refractivity contribution is 0.660. The quantitative estimate of drug-likeness (QED) is 0.169.